The van der Waals surface area contributed by atoms with Crippen molar-refractivity contribution in [3.8, 4) is 0 Å². The van der Waals surface area contributed by atoms with E-state index in [4.69, 9.17) is 13.7 Å². The van der Waals surface area contributed by atoms with Gasteiger partial charge < -0.3 is 19.0 Å². The van der Waals surface area contributed by atoms with Crippen LogP contribution in [0.15, 0.2) is 21.1 Å². The van der Waals surface area contributed by atoms with E-state index < -0.39 is 0 Å². The summed E-state index contributed by atoms with van der Waals surface area (Å²) in [6.07, 6.45) is 0. The van der Waals surface area contributed by atoms with Crippen molar-refractivity contribution < 1.29 is 13.7 Å². The van der Waals surface area contributed by atoms with E-state index in [0.29, 0.717) is 0 Å². The number of nitrogens with one attached hydrogen (secondary N) is 1. The fraction of sp³-hybridized carbons (Fsp3) is 0.588. The number of rotatable bonds is 6. The average Bonchev–Trinajstić information content (AvgIpc) is 3.12. The van der Waals surface area contributed by atoms with Gasteiger partial charge in [0.1, 0.15) is 17.3 Å². The molecule has 1 fully saturated rings. The molecule has 6 nitrogen and oxygen atoms in total. The fourth-order valence-electron chi connectivity index (χ4n) is 3.02. The third-order valence-corrected chi connectivity index (χ3v) is 4.40. The molecule has 3 rings (SSSR count). The van der Waals surface area contributed by atoms with Gasteiger partial charge in [0.05, 0.1) is 24.9 Å². The van der Waals surface area contributed by atoms with Crippen molar-refractivity contribution >= 4 is 0 Å². The predicted molar refractivity (Wildman–Crippen MR) is 86.3 cm³/mol. The highest BCUT2D eigenvalue weighted by Gasteiger charge is 2.25. The van der Waals surface area contributed by atoms with Crippen molar-refractivity contribution in [2.24, 2.45) is 0 Å². The molecule has 23 heavy (non-hydrogen) atoms. The first-order valence-corrected chi connectivity index (χ1v) is 8.15. The molecule has 1 unspecified atom stereocenters. The maximum absolute atomic E-state index is 5.88. The molecule has 0 aromatic carbocycles. The second kappa shape index (κ2) is 7.29. The van der Waals surface area contributed by atoms with E-state index in [9.17, 15) is 0 Å². The minimum Gasteiger partial charge on any atom is -0.465 e. The van der Waals surface area contributed by atoms with Crippen molar-refractivity contribution in [2.75, 3.05) is 32.8 Å². The van der Waals surface area contributed by atoms with Gasteiger partial charge in [0.2, 0.25) is 0 Å². The van der Waals surface area contributed by atoms with Crippen LogP contribution < -0.4 is 5.32 Å². The summed E-state index contributed by atoms with van der Waals surface area (Å²) in [4.78, 5) is 2.42. The molecule has 1 aliphatic heterocycles. The Morgan fingerprint density at radius 1 is 1.22 bits per heavy atom. The van der Waals surface area contributed by atoms with Gasteiger partial charge in [0.25, 0.3) is 0 Å². The molecule has 0 spiro atoms. The topological polar surface area (TPSA) is 63.7 Å². The van der Waals surface area contributed by atoms with Crippen molar-refractivity contribution in [1.82, 2.24) is 15.4 Å². The van der Waals surface area contributed by atoms with Crippen molar-refractivity contribution in [3.05, 3.63) is 40.7 Å². The maximum Gasteiger partial charge on any atom is 0.138 e. The smallest absolute Gasteiger partial charge is 0.138 e. The van der Waals surface area contributed by atoms with Crippen molar-refractivity contribution in [2.45, 2.75) is 33.4 Å². The lowest BCUT2D eigenvalue weighted by molar-refractivity contribution is 0.0115. The number of aryl methyl sites for hydroxylation is 3. The van der Waals surface area contributed by atoms with Gasteiger partial charge in [-0.15, -0.1) is 0 Å². The number of morpholine rings is 1. The lowest BCUT2D eigenvalue weighted by atomic mass is 10.1. The quantitative estimate of drug-likeness (QED) is 0.882. The highest BCUT2D eigenvalue weighted by Crippen LogP contribution is 2.23. The Morgan fingerprint density at radius 2 is 2.00 bits per heavy atom. The van der Waals surface area contributed by atoms with E-state index in [2.05, 4.69) is 21.4 Å². The Hall–Kier alpha value is -1.63. The van der Waals surface area contributed by atoms with Crippen molar-refractivity contribution in [1.29, 1.82) is 0 Å². The Morgan fingerprint density at radius 3 is 2.61 bits per heavy atom. The Bertz CT molecular complexity index is 609. The van der Waals surface area contributed by atoms with Gasteiger partial charge in [0.15, 0.2) is 0 Å². The van der Waals surface area contributed by atoms with Crippen LogP contribution in [-0.2, 0) is 11.3 Å². The minimum atomic E-state index is 0.216. The molecular weight excluding hydrogens is 294 g/mol. The summed E-state index contributed by atoms with van der Waals surface area (Å²) < 4.78 is 16.6. The van der Waals surface area contributed by atoms with Gasteiger partial charge >= 0.3 is 0 Å². The van der Waals surface area contributed by atoms with Crippen LogP contribution in [0.3, 0.4) is 0 Å². The second-order valence-corrected chi connectivity index (χ2v) is 6.05. The first-order valence-electron chi connectivity index (χ1n) is 8.15. The summed E-state index contributed by atoms with van der Waals surface area (Å²) in [5, 5.41) is 7.54. The number of hydrogen-bond acceptors (Lipinski definition) is 6. The molecule has 1 N–H and O–H groups in total. The third kappa shape index (κ3) is 3.83. The van der Waals surface area contributed by atoms with Crippen LogP contribution in [0.25, 0.3) is 0 Å². The average molecular weight is 319 g/mol. The molecule has 1 atom stereocenters. The number of aromatic nitrogens is 1. The maximum atomic E-state index is 5.88. The molecule has 126 valence electrons. The van der Waals surface area contributed by atoms with Gasteiger partial charge in [-0.25, -0.2) is 0 Å². The molecule has 0 amide bonds. The second-order valence-electron chi connectivity index (χ2n) is 6.05. The van der Waals surface area contributed by atoms with Crippen LogP contribution in [0.1, 0.15) is 34.6 Å². The number of hydrogen-bond donors (Lipinski definition) is 1. The van der Waals surface area contributed by atoms with Crippen molar-refractivity contribution in [3.63, 3.8) is 0 Å². The van der Waals surface area contributed by atoms with Crippen LogP contribution in [0.4, 0.5) is 0 Å². The minimum absolute atomic E-state index is 0.216. The summed E-state index contributed by atoms with van der Waals surface area (Å²) in [6, 6.07) is 4.32. The standard InChI is InChI=1S/C17H25N3O3/c1-12-4-5-17(22-12)16(20-6-8-21-9-7-20)11-18-10-15-13(2)19-23-14(15)3/h4-5,16,18H,6-11H2,1-3H3. The van der Waals surface area contributed by atoms with Crippen LogP contribution in [-0.4, -0.2) is 42.9 Å². The van der Waals surface area contributed by atoms with Crippen LogP contribution in [0.5, 0.6) is 0 Å². The molecule has 0 aliphatic carbocycles. The first-order chi connectivity index (χ1) is 11.1. The highest BCUT2D eigenvalue weighted by molar-refractivity contribution is 5.20. The van der Waals surface area contributed by atoms with E-state index in [1.165, 1.54) is 0 Å². The van der Waals surface area contributed by atoms with Gasteiger partial charge in [-0.05, 0) is 32.9 Å². The van der Waals surface area contributed by atoms with E-state index in [1.54, 1.807) is 0 Å². The zero-order valence-electron chi connectivity index (χ0n) is 14.1. The van der Waals surface area contributed by atoms with Gasteiger partial charge in [-0.3, -0.25) is 4.90 Å². The zero-order chi connectivity index (χ0) is 16.2. The number of nitrogens with zero attached hydrogens (tertiary/aromatic N) is 2. The molecule has 3 heterocycles. The summed E-state index contributed by atoms with van der Waals surface area (Å²) in [5.74, 6) is 2.84. The molecular formula is C17H25N3O3. The summed E-state index contributed by atoms with van der Waals surface area (Å²) in [6.45, 7) is 10.9. The van der Waals surface area contributed by atoms with E-state index in [-0.39, 0.29) is 6.04 Å². The summed E-state index contributed by atoms with van der Waals surface area (Å²) in [5.41, 5.74) is 2.09. The molecule has 1 aliphatic rings. The van der Waals surface area contributed by atoms with Gasteiger partial charge in [-0.1, -0.05) is 5.16 Å². The highest BCUT2D eigenvalue weighted by atomic mass is 16.5. The molecule has 0 saturated carbocycles. The lowest BCUT2D eigenvalue weighted by Gasteiger charge is -2.33. The molecule has 0 bridgehead atoms. The first kappa shape index (κ1) is 16.2. The largest absolute Gasteiger partial charge is 0.465 e. The Kier molecular flexibility index (Phi) is 5.15. The van der Waals surface area contributed by atoms with E-state index in [0.717, 1.165) is 67.9 Å². The van der Waals surface area contributed by atoms with Gasteiger partial charge in [-0.2, -0.15) is 0 Å². The number of ether oxygens (including phenoxy) is 1. The molecule has 1 saturated heterocycles. The summed E-state index contributed by atoms with van der Waals surface area (Å²) in [7, 11) is 0. The molecule has 0 radical (unpaired) electrons. The van der Waals surface area contributed by atoms with Crippen LogP contribution in [0, 0.1) is 20.8 Å². The zero-order valence-corrected chi connectivity index (χ0v) is 14.1. The van der Waals surface area contributed by atoms with Crippen LogP contribution >= 0.6 is 0 Å². The van der Waals surface area contributed by atoms with Gasteiger partial charge in [0, 0.05) is 31.7 Å². The summed E-state index contributed by atoms with van der Waals surface area (Å²) >= 11 is 0. The fourth-order valence-corrected chi connectivity index (χ4v) is 3.02. The van der Waals surface area contributed by atoms with E-state index in [1.807, 2.05) is 26.8 Å². The van der Waals surface area contributed by atoms with E-state index >= 15 is 0 Å². The van der Waals surface area contributed by atoms with Crippen LogP contribution in [0.2, 0.25) is 0 Å². The third-order valence-electron chi connectivity index (χ3n) is 4.40. The lowest BCUT2D eigenvalue weighted by Crippen LogP contribution is -2.42. The predicted octanol–water partition coefficient (Wildman–Crippen LogP) is 2.36. The molecule has 2 aromatic rings. The Labute approximate surface area is 136 Å². The number of furan rings is 1. The normalized spacial score (nSPS) is 17.5. The SMILES string of the molecule is Cc1ccc(C(CNCc2c(C)noc2C)N2CCOCC2)o1. The molecule has 2 aromatic heterocycles. The monoisotopic (exact) mass is 319 g/mol. The molecule has 6 heteroatoms. The Balaban J connectivity index is 1.66.